The molecule has 3 N–H and O–H groups in total. The fourth-order valence-corrected chi connectivity index (χ4v) is 2.90. The van der Waals surface area contributed by atoms with Crippen molar-refractivity contribution in [2.24, 2.45) is 0 Å². The molecule has 22 heavy (non-hydrogen) atoms. The molecule has 0 spiro atoms. The fraction of sp³-hybridized carbons (Fsp3) is 0.333. The first kappa shape index (κ1) is 16.4. The molecule has 1 unspecified atom stereocenters. The van der Waals surface area contributed by atoms with Crippen LogP contribution in [0.2, 0.25) is 0 Å². The monoisotopic (exact) mass is 368 g/mol. The molecule has 1 aliphatic rings. The molecule has 0 saturated carbocycles. The summed E-state index contributed by atoms with van der Waals surface area (Å²) in [7, 11) is 0. The van der Waals surface area contributed by atoms with Crippen LogP contribution in [0.4, 0.5) is 4.79 Å². The lowest BCUT2D eigenvalue weighted by Gasteiger charge is -2.28. The first-order valence-corrected chi connectivity index (χ1v) is 7.58. The highest BCUT2D eigenvalue weighted by Gasteiger charge is 2.30. The van der Waals surface area contributed by atoms with E-state index in [1.54, 1.807) is 26.0 Å². The van der Waals surface area contributed by atoms with Gasteiger partial charge in [-0.25, -0.2) is 4.79 Å². The van der Waals surface area contributed by atoms with E-state index < -0.39 is 6.04 Å². The highest BCUT2D eigenvalue weighted by Crippen LogP contribution is 2.39. The molecule has 2 rings (SSSR count). The Morgan fingerprint density at radius 1 is 1.45 bits per heavy atom. The van der Waals surface area contributed by atoms with Gasteiger partial charge in [-0.15, -0.1) is 0 Å². The first-order valence-electron chi connectivity index (χ1n) is 6.79. The molecule has 0 saturated heterocycles. The van der Waals surface area contributed by atoms with Gasteiger partial charge in [0.15, 0.2) is 17.3 Å². The summed E-state index contributed by atoms with van der Waals surface area (Å²) in [6.45, 7) is 5.32. The van der Waals surface area contributed by atoms with Crippen LogP contribution in [0.15, 0.2) is 27.9 Å². The number of ketones is 1. The zero-order chi connectivity index (χ0) is 16.4. The van der Waals surface area contributed by atoms with E-state index in [1.165, 1.54) is 6.92 Å². The van der Waals surface area contributed by atoms with Crippen molar-refractivity contribution >= 4 is 27.7 Å². The number of urea groups is 1. The number of aromatic hydroxyl groups is 1. The average molecular weight is 369 g/mol. The molecule has 0 radical (unpaired) electrons. The van der Waals surface area contributed by atoms with Crippen molar-refractivity contribution in [1.29, 1.82) is 0 Å². The van der Waals surface area contributed by atoms with Gasteiger partial charge >= 0.3 is 6.03 Å². The van der Waals surface area contributed by atoms with E-state index in [0.717, 1.165) is 0 Å². The third kappa shape index (κ3) is 3.09. The highest BCUT2D eigenvalue weighted by molar-refractivity contribution is 9.10. The molecule has 0 aliphatic carbocycles. The van der Waals surface area contributed by atoms with Crippen LogP contribution in [-0.2, 0) is 4.79 Å². The molecule has 1 atom stereocenters. The summed E-state index contributed by atoms with van der Waals surface area (Å²) < 4.78 is 5.82. The number of allylic oxidation sites excluding steroid dienone is 1. The van der Waals surface area contributed by atoms with E-state index >= 15 is 0 Å². The predicted octanol–water partition coefficient (Wildman–Crippen LogP) is 2.77. The number of phenolic OH excluding ortho intramolecular Hbond substituents is 1. The second kappa shape index (κ2) is 6.39. The molecular formula is C15H17BrN2O4. The minimum absolute atomic E-state index is 0.0177. The summed E-state index contributed by atoms with van der Waals surface area (Å²) in [6, 6.07) is 2.30. The summed E-state index contributed by atoms with van der Waals surface area (Å²) in [6.07, 6.45) is 0. The molecule has 2 amide bonds. The Kier molecular flexibility index (Phi) is 4.75. The largest absolute Gasteiger partial charge is 0.503 e. The quantitative estimate of drug-likeness (QED) is 0.762. The van der Waals surface area contributed by atoms with Gasteiger partial charge in [-0.2, -0.15) is 0 Å². The molecule has 1 aromatic rings. The number of amides is 2. The van der Waals surface area contributed by atoms with E-state index in [1.807, 2.05) is 0 Å². The standard InChI is InChI=1S/C15H17BrN2O4/c1-4-22-11-6-9(5-10(16)14(11)20)13-12(8(3)19)7(2)17-15(21)18-13/h5-6,13,20H,4H2,1-3H3,(H2,17,18,21). The Balaban J connectivity index is 2.56. The highest BCUT2D eigenvalue weighted by atomic mass is 79.9. The zero-order valence-corrected chi connectivity index (χ0v) is 14.1. The molecule has 1 heterocycles. The molecule has 0 bridgehead atoms. The van der Waals surface area contributed by atoms with Crippen LogP contribution >= 0.6 is 15.9 Å². The van der Waals surface area contributed by atoms with Crippen molar-refractivity contribution in [3.63, 3.8) is 0 Å². The van der Waals surface area contributed by atoms with Crippen molar-refractivity contribution in [3.05, 3.63) is 33.4 Å². The van der Waals surface area contributed by atoms with Crippen LogP contribution in [0.25, 0.3) is 0 Å². The Morgan fingerprint density at radius 3 is 2.73 bits per heavy atom. The molecule has 118 valence electrons. The fourth-order valence-electron chi connectivity index (χ4n) is 2.44. The topological polar surface area (TPSA) is 87.7 Å². The third-order valence-electron chi connectivity index (χ3n) is 3.33. The number of carbonyl (C=O) groups excluding carboxylic acids is 2. The minimum Gasteiger partial charge on any atom is -0.503 e. The number of halogens is 1. The van der Waals surface area contributed by atoms with Crippen LogP contribution in [0, 0.1) is 0 Å². The first-order chi connectivity index (χ1) is 10.3. The smallest absolute Gasteiger partial charge is 0.319 e. The van der Waals surface area contributed by atoms with Crippen LogP contribution in [0.1, 0.15) is 32.4 Å². The van der Waals surface area contributed by atoms with Gasteiger partial charge in [0.2, 0.25) is 0 Å². The van der Waals surface area contributed by atoms with E-state index in [2.05, 4.69) is 26.6 Å². The van der Waals surface area contributed by atoms with E-state index in [4.69, 9.17) is 4.74 Å². The summed E-state index contributed by atoms with van der Waals surface area (Å²) in [5.41, 5.74) is 1.63. The second-order valence-corrected chi connectivity index (χ2v) is 5.76. The van der Waals surface area contributed by atoms with Crippen LogP contribution in [0.5, 0.6) is 11.5 Å². The number of Topliss-reactive ketones (excluding diaryl/α,β-unsaturated/α-hetero) is 1. The maximum absolute atomic E-state index is 11.9. The molecular weight excluding hydrogens is 352 g/mol. The maximum atomic E-state index is 11.9. The molecule has 1 aliphatic heterocycles. The van der Waals surface area contributed by atoms with Gasteiger partial charge in [0.05, 0.1) is 17.1 Å². The Morgan fingerprint density at radius 2 is 2.14 bits per heavy atom. The number of phenols is 1. The molecule has 1 aromatic carbocycles. The number of hydrogen-bond acceptors (Lipinski definition) is 4. The van der Waals surface area contributed by atoms with Crippen molar-refractivity contribution in [3.8, 4) is 11.5 Å². The van der Waals surface area contributed by atoms with Gasteiger partial charge < -0.3 is 20.5 Å². The number of ether oxygens (including phenoxy) is 1. The number of rotatable bonds is 4. The summed E-state index contributed by atoms with van der Waals surface area (Å²) >= 11 is 3.26. The predicted molar refractivity (Wildman–Crippen MR) is 84.8 cm³/mol. The van der Waals surface area contributed by atoms with E-state index in [-0.39, 0.29) is 17.6 Å². The van der Waals surface area contributed by atoms with Gasteiger partial charge in [0, 0.05) is 11.3 Å². The normalized spacial score (nSPS) is 17.8. The average Bonchev–Trinajstić information content (AvgIpc) is 2.42. The summed E-state index contributed by atoms with van der Waals surface area (Å²) in [5, 5.41) is 15.3. The summed E-state index contributed by atoms with van der Waals surface area (Å²) in [5.74, 6) is 0.133. The number of benzene rings is 1. The number of carbonyl (C=O) groups is 2. The van der Waals surface area contributed by atoms with Crippen LogP contribution in [0.3, 0.4) is 0 Å². The van der Waals surface area contributed by atoms with Gasteiger partial charge in [0.1, 0.15) is 0 Å². The van der Waals surface area contributed by atoms with Crippen LogP contribution in [-0.4, -0.2) is 23.5 Å². The zero-order valence-electron chi connectivity index (χ0n) is 12.5. The lowest BCUT2D eigenvalue weighted by atomic mass is 9.93. The lowest BCUT2D eigenvalue weighted by Crippen LogP contribution is -2.44. The lowest BCUT2D eigenvalue weighted by molar-refractivity contribution is -0.114. The molecule has 0 aromatic heterocycles. The van der Waals surface area contributed by atoms with Crippen molar-refractivity contribution < 1.29 is 19.4 Å². The van der Waals surface area contributed by atoms with Gasteiger partial charge in [-0.1, -0.05) is 0 Å². The van der Waals surface area contributed by atoms with Gasteiger partial charge in [0.25, 0.3) is 0 Å². The minimum atomic E-state index is -0.595. The van der Waals surface area contributed by atoms with Crippen LogP contribution < -0.4 is 15.4 Å². The summed E-state index contributed by atoms with van der Waals surface area (Å²) in [4.78, 5) is 23.6. The van der Waals surface area contributed by atoms with Crippen molar-refractivity contribution in [2.45, 2.75) is 26.8 Å². The molecule has 7 heteroatoms. The van der Waals surface area contributed by atoms with Crippen molar-refractivity contribution in [2.75, 3.05) is 6.61 Å². The Hall–Kier alpha value is -2.02. The second-order valence-electron chi connectivity index (χ2n) is 4.91. The maximum Gasteiger partial charge on any atom is 0.319 e. The van der Waals surface area contributed by atoms with Gasteiger partial charge in [-0.3, -0.25) is 4.79 Å². The van der Waals surface area contributed by atoms with E-state index in [9.17, 15) is 14.7 Å². The van der Waals surface area contributed by atoms with Crippen molar-refractivity contribution in [1.82, 2.24) is 10.6 Å². The molecule has 0 fully saturated rings. The number of hydrogen-bond donors (Lipinski definition) is 3. The van der Waals surface area contributed by atoms with E-state index in [0.29, 0.717) is 33.7 Å². The Labute approximate surface area is 136 Å². The SMILES string of the molecule is CCOc1cc(C2NC(=O)NC(C)=C2C(C)=O)cc(Br)c1O. The molecule has 6 nitrogen and oxygen atoms in total. The third-order valence-corrected chi connectivity index (χ3v) is 3.94. The number of nitrogens with one attached hydrogen (secondary N) is 2. The van der Waals surface area contributed by atoms with Gasteiger partial charge in [-0.05, 0) is 54.4 Å². The Bertz CT molecular complexity index is 670.